The van der Waals surface area contributed by atoms with Crippen molar-refractivity contribution in [3.05, 3.63) is 11.6 Å². The Labute approximate surface area is 97.8 Å². The molecule has 3 rings (SSSR count). The van der Waals surface area contributed by atoms with Crippen molar-refractivity contribution in [3.8, 4) is 0 Å². The van der Waals surface area contributed by atoms with E-state index in [4.69, 9.17) is 11.1 Å². The van der Waals surface area contributed by atoms with Crippen LogP contribution >= 0.6 is 0 Å². The summed E-state index contributed by atoms with van der Waals surface area (Å²) in [4.78, 5) is 0. The normalized spacial score (nSPS) is 53.2. The summed E-state index contributed by atoms with van der Waals surface area (Å²) in [6, 6.07) is 0. The van der Waals surface area contributed by atoms with Gasteiger partial charge in [-0.05, 0) is 43.9 Å². The minimum absolute atomic E-state index is 0.0146. The topological polar surface area (TPSA) is 49.9 Å². The highest BCUT2D eigenvalue weighted by atomic mass is 14.8. The van der Waals surface area contributed by atoms with E-state index in [2.05, 4.69) is 26.8 Å². The quantitative estimate of drug-likeness (QED) is 0.427. The summed E-state index contributed by atoms with van der Waals surface area (Å²) in [6.45, 7) is 6.86. The monoisotopic (exact) mass is 218 g/mol. The molecule has 2 nitrogen and oxygen atoms in total. The maximum absolute atomic E-state index is 7.97. The van der Waals surface area contributed by atoms with E-state index in [1.165, 1.54) is 12.0 Å². The summed E-state index contributed by atoms with van der Waals surface area (Å²) in [5.74, 6) is 1.29. The Morgan fingerprint density at radius 3 is 2.50 bits per heavy atom. The second-order valence-corrected chi connectivity index (χ2v) is 7.05. The van der Waals surface area contributed by atoms with E-state index >= 15 is 0 Å². The summed E-state index contributed by atoms with van der Waals surface area (Å²) < 4.78 is 0. The fourth-order valence-corrected chi connectivity index (χ4v) is 4.13. The molecule has 0 radical (unpaired) electrons. The largest absolute Gasteiger partial charge is 0.387 e. The Hall–Kier alpha value is -0.790. The zero-order valence-corrected chi connectivity index (χ0v) is 10.6. The number of nitrogens with two attached hydrogens (primary N) is 1. The standard InChI is InChI=1S/C14H22N2/c1-9-4-12(9,2)7-14(11(15)16)6-10-5-13(10,3)8-14/h4,10H,5-8H2,1-3H3,(H3,15,16). The summed E-state index contributed by atoms with van der Waals surface area (Å²) in [7, 11) is 0. The zero-order valence-electron chi connectivity index (χ0n) is 10.6. The smallest absolute Gasteiger partial charge is 0.0969 e. The molecule has 0 aliphatic heterocycles. The molecule has 88 valence electrons. The Bertz CT molecular complexity index is 411. The summed E-state index contributed by atoms with van der Waals surface area (Å²) >= 11 is 0. The molecule has 0 aromatic rings. The van der Waals surface area contributed by atoms with Gasteiger partial charge in [-0.1, -0.05) is 25.5 Å². The van der Waals surface area contributed by atoms with Gasteiger partial charge in [0.25, 0.3) is 0 Å². The first kappa shape index (κ1) is 10.4. The SMILES string of the molecule is CC1=CC1(C)CC1(C(=N)N)CC2CC2(C)C1. The van der Waals surface area contributed by atoms with Gasteiger partial charge in [-0.2, -0.15) is 0 Å². The van der Waals surface area contributed by atoms with Crippen LogP contribution in [-0.2, 0) is 0 Å². The molecule has 2 heteroatoms. The van der Waals surface area contributed by atoms with Gasteiger partial charge in [0.05, 0.1) is 5.84 Å². The number of amidine groups is 1. The first-order chi connectivity index (χ1) is 7.30. The lowest BCUT2D eigenvalue weighted by molar-refractivity contribution is 0.277. The third kappa shape index (κ3) is 1.22. The predicted octanol–water partition coefficient (Wildman–Crippen LogP) is 3.09. The molecular weight excluding hydrogens is 196 g/mol. The van der Waals surface area contributed by atoms with Crippen LogP contribution in [0.2, 0.25) is 0 Å². The Morgan fingerprint density at radius 1 is 1.50 bits per heavy atom. The molecule has 16 heavy (non-hydrogen) atoms. The first-order valence-corrected chi connectivity index (χ1v) is 6.34. The van der Waals surface area contributed by atoms with Gasteiger partial charge >= 0.3 is 0 Å². The van der Waals surface area contributed by atoms with Gasteiger partial charge in [0, 0.05) is 10.8 Å². The van der Waals surface area contributed by atoms with Gasteiger partial charge in [-0.25, -0.2) is 0 Å². The van der Waals surface area contributed by atoms with Gasteiger partial charge in [0.1, 0.15) is 0 Å². The van der Waals surface area contributed by atoms with Gasteiger partial charge in [-0.15, -0.1) is 0 Å². The van der Waals surface area contributed by atoms with Gasteiger partial charge in [-0.3, -0.25) is 5.41 Å². The van der Waals surface area contributed by atoms with Crippen LogP contribution in [0.5, 0.6) is 0 Å². The van der Waals surface area contributed by atoms with Gasteiger partial charge in [0.2, 0.25) is 0 Å². The lowest BCUT2D eigenvalue weighted by Crippen LogP contribution is -2.38. The molecule has 0 spiro atoms. The van der Waals surface area contributed by atoms with Crippen LogP contribution in [0, 0.1) is 27.6 Å². The molecule has 0 aromatic carbocycles. The van der Waals surface area contributed by atoms with E-state index in [0.717, 1.165) is 25.2 Å². The van der Waals surface area contributed by atoms with Gasteiger partial charge < -0.3 is 5.73 Å². The van der Waals surface area contributed by atoms with Crippen LogP contribution in [-0.4, -0.2) is 5.84 Å². The van der Waals surface area contributed by atoms with Crippen LogP contribution in [0.1, 0.15) is 46.5 Å². The van der Waals surface area contributed by atoms with Crippen LogP contribution in [0.15, 0.2) is 11.6 Å². The molecule has 2 fully saturated rings. The maximum Gasteiger partial charge on any atom is 0.0969 e. The highest BCUT2D eigenvalue weighted by Gasteiger charge is 2.64. The lowest BCUT2D eigenvalue weighted by Gasteiger charge is -2.34. The van der Waals surface area contributed by atoms with Crippen LogP contribution in [0.25, 0.3) is 0 Å². The summed E-state index contributed by atoms with van der Waals surface area (Å²) in [5, 5.41) is 7.97. The average Bonchev–Trinajstić information content (AvgIpc) is 2.88. The van der Waals surface area contributed by atoms with E-state index in [1.807, 2.05) is 0 Å². The molecule has 4 atom stereocenters. The number of hydrogen-bond acceptors (Lipinski definition) is 1. The Balaban J connectivity index is 1.81. The minimum atomic E-state index is 0.0146. The van der Waals surface area contributed by atoms with Crippen molar-refractivity contribution in [2.24, 2.45) is 27.9 Å². The summed E-state index contributed by atoms with van der Waals surface area (Å²) in [6.07, 6.45) is 7.09. The number of hydrogen-bond donors (Lipinski definition) is 2. The highest BCUT2D eigenvalue weighted by molar-refractivity contribution is 5.84. The molecular formula is C14H22N2. The first-order valence-electron chi connectivity index (χ1n) is 6.34. The number of fused-ring (bicyclic) bond motifs is 1. The minimum Gasteiger partial charge on any atom is -0.387 e. The van der Waals surface area contributed by atoms with Crippen LogP contribution in [0.3, 0.4) is 0 Å². The second kappa shape index (κ2) is 2.55. The fourth-order valence-electron chi connectivity index (χ4n) is 4.13. The van der Waals surface area contributed by atoms with Crippen molar-refractivity contribution in [3.63, 3.8) is 0 Å². The van der Waals surface area contributed by atoms with Crippen molar-refractivity contribution >= 4 is 5.84 Å². The number of allylic oxidation sites excluding steroid dienone is 2. The van der Waals surface area contributed by atoms with E-state index in [0.29, 0.717) is 11.3 Å². The van der Waals surface area contributed by atoms with Crippen molar-refractivity contribution < 1.29 is 0 Å². The Kier molecular flexibility index (Phi) is 1.65. The fraction of sp³-hybridized carbons (Fsp3) is 0.786. The van der Waals surface area contributed by atoms with E-state index < -0.39 is 0 Å². The van der Waals surface area contributed by atoms with Crippen molar-refractivity contribution in [1.82, 2.24) is 0 Å². The molecule has 3 aliphatic rings. The molecule has 3 aliphatic carbocycles. The van der Waals surface area contributed by atoms with E-state index in [-0.39, 0.29) is 10.8 Å². The zero-order chi connectivity index (χ0) is 11.8. The lowest BCUT2D eigenvalue weighted by atomic mass is 9.71. The maximum atomic E-state index is 7.97. The molecule has 4 unspecified atom stereocenters. The van der Waals surface area contributed by atoms with Gasteiger partial charge in [0.15, 0.2) is 0 Å². The molecule has 0 bridgehead atoms. The van der Waals surface area contributed by atoms with Crippen molar-refractivity contribution in [1.29, 1.82) is 5.41 Å². The Morgan fingerprint density at radius 2 is 2.12 bits per heavy atom. The predicted molar refractivity (Wildman–Crippen MR) is 66.3 cm³/mol. The third-order valence-corrected chi connectivity index (χ3v) is 5.55. The van der Waals surface area contributed by atoms with E-state index in [1.54, 1.807) is 0 Å². The number of rotatable bonds is 3. The second-order valence-electron chi connectivity index (χ2n) is 7.05. The number of nitrogens with one attached hydrogen (secondary N) is 1. The third-order valence-electron chi connectivity index (χ3n) is 5.55. The molecule has 0 amide bonds. The van der Waals surface area contributed by atoms with Crippen molar-refractivity contribution in [2.45, 2.75) is 46.5 Å². The molecule has 2 saturated carbocycles. The average molecular weight is 218 g/mol. The summed E-state index contributed by atoms with van der Waals surface area (Å²) in [5.41, 5.74) is 8.21. The van der Waals surface area contributed by atoms with E-state index in [9.17, 15) is 0 Å². The molecule has 3 N–H and O–H groups in total. The molecule has 0 heterocycles. The van der Waals surface area contributed by atoms with Crippen molar-refractivity contribution in [2.75, 3.05) is 0 Å². The van der Waals surface area contributed by atoms with Crippen LogP contribution in [0.4, 0.5) is 0 Å². The molecule has 0 aromatic heterocycles. The molecule has 0 saturated heterocycles. The highest BCUT2D eigenvalue weighted by Crippen LogP contribution is 2.71. The van der Waals surface area contributed by atoms with Crippen LogP contribution < -0.4 is 5.73 Å².